The third-order valence-electron chi connectivity index (χ3n) is 2.91. The fraction of sp³-hybridized carbons (Fsp3) is 0.500. The normalized spacial score (nSPS) is 13.2. The van der Waals surface area contributed by atoms with E-state index in [-0.39, 0.29) is 22.4 Å². The van der Waals surface area contributed by atoms with Gasteiger partial charge in [0.15, 0.2) is 0 Å². The third kappa shape index (κ3) is 4.30. The fourth-order valence-electron chi connectivity index (χ4n) is 1.66. The molecular formula is C14H20N2O3S. The summed E-state index contributed by atoms with van der Waals surface area (Å²) < 4.78 is 32.7. The molecule has 1 aromatic carbocycles. The highest BCUT2D eigenvalue weighted by Gasteiger charge is 2.24. The third-order valence-corrected chi connectivity index (χ3v) is 4.46. The highest BCUT2D eigenvalue weighted by Crippen LogP contribution is 2.16. The van der Waals surface area contributed by atoms with E-state index in [1.807, 2.05) is 26.8 Å². The van der Waals surface area contributed by atoms with E-state index in [0.717, 1.165) is 0 Å². The van der Waals surface area contributed by atoms with Crippen LogP contribution in [0.5, 0.6) is 0 Å². The molecule has 0 aromatic heterocycles. The molecule has 0 bridgehead atoms. The van der Waals surface area contributed by atoms with Crippen LogP contribution in [0, 0.1) is 17.2 Å². The SMILES string of the molecule is CCOCC(NS(=O)(=O)c1ccccc1C#N)C(C)C. The van der Waals surface area contributed by atoms with Crippen molar-refractivity contribution in [3.8, 4) is 6.07 Å². The Kier molecular flexibility index (Phi) is 6.14. The predicted octanol–water partition coefficient (Wildman–Crippen LogP) is 1.90. The lowest BCUT2D eigenvalue weighted by Crippen LogP contribution is -2.42. The van der Waals surface area contributed by atoms with Crippen molar-refractivity contribution in [1.29, 1.82) is 5.26 Å². The summed E-state index contributed by atoms with van der Waals surface area (Å²) >= 11 is 0. The minimum atomic E-state index is -3.73. The Morgan fingerprint density at radius 3 is 2.55 bits per heavy atom. The molecule has 1 rings (SSSR count). The highest BCUT2D eigenvalue weighted by atomic mass is 32.2. The van der Waals surface area contributed by atoms with E-state index in [1.165, 1.54) is 12.1 Å². The molecule has 0 spiro atoms. The van der Waals surface area contributed by atoms with Crippen molar-refractivity contribution >= 4 is 10.0 Å². The Morgan fingerprint density at radius 2 is 2.00 bits per heavy atom. The number of hydrogen-bond acceptors (Lipinski definition) is 4. The summed E-state index contributed by atoms with van der Waals surface area (Å²) in [5, 5.41) is 9.00. The van der Waals surface area contributed by atoms with Gasteiger partial charge in [0.05, 0.1) is 17.1 Å². The smallest absolute Gasteiger partial charge is 0.242 e. The van der Waals surface area contributed by atoms with Gasteiger partial charge in [0, 0.05) is 12.6 Å². The quantitative estimate of drug-likeness (QED) is 0.833. The second-order valence-corrected chi connectivity index (χ2v) is 6.42. The molecular weight excluding hydrogens is 276 g/mol. The molecule has 5 nitrogen and oxygen atoms in total. The first-order valence-electron chi connectivity index (χ1n) is 6.51. The molecule has 0 aliphatic heterocycles. The van der Waals surface area contributed by atoms with Crippen molar-refractivity contribution in [3.63, 3.8) is 0 Å². The van der Waals surface area contributed by atoms with E-state index in [1.54, 1.807) is 12.1 Å². The van der Waals surface area contributed by atoms with Gasteiger partial charge in [-0.15, -0.1) is 0 Å². The first kappa shape index (κ1) is 16.6. The Balaban J connectivity index is 3.01. The van der Waals surface area contributed by atoms with E-state index in [0.29, 0.717) is 13.2 Å². The van der Waals surface area contributed by atoms with E-state index in [2.05, 4.69) is 4.72 Å². The van der Waals surface area contributed by atoms with Gasteiger partial charge in [-0.05, 0) is 25.0 Å². The molecule has 0 aliphatic rings. The Bertz CT molecular complexity index is 576. The number of ether oxygens (including phenoxy) is 1. The number of nitrogens with zero attached hydrogens (tertiary/aromatic N) is 1. The maximum Gasteiger partial charge on any atom is 0.242 e. The van der Waals surface area contributed by atoms with Crippen LogP contribution in [0.1, 0.15) is 26.3 Å². The molecule has 0 saturated carbocycles. The van der Waals surface area contributed by atoms with Crippen molar-refractivity contribution in [2.75, 3.05) is 13.2 Å². The number of hydrogen-bond donors (Lipinski definition) is 1. The molecule has 110 valence electrons. The summed E-state index contributed by atoms with van der Waals surface area (Å²) in [4.78, 5) is 0.00430. The van der Waals surface area contributed by atoms with Crippen LogP contribution in [0.25, 0.3) is 0 Å². The van der Waals surface area contributed by atoms with Crippen molar-refractivity contribution in [2.24, 2.45) is 5.92 Å². The molecule has 0 heterocycles. The molecule has 0 radical (unpaired) electrons. The maximum absolute atomic E-state index is 12.4. The molecule has 20 heavy (non-hydrogen) atoms. The van der Waals surface area contributed by atoms with Crippen LogP contribution in [0.4, 0.5) is 0 Å². The van der Waals surface area contributed by atoms with Gasteiger partial charge in [0.2, 0.25) is 10.0 Å². The Labute approximate surface area is 120 Å². The summed E-state index contributed by atoms with van der Waals surface area (Å²) in [6.07, 6.45) is 0. The van der Waals surface area contributed by atoms with Crippen molar-refractivity contribution in [3.05, 3.63) is 29.8 Å². The summed E-state index contributed by atoms with van der Waals surface area (Å²) in [6, 6.07) is 7.72. The minimum absolute atomic E-state index is 0.00430. The molecule has 6 heteroatoms. The van der Waals surface area contributed by atoms with Gasteiger partial charge in [0.1, 0.15) is 6.07 Å². The zero-order valence-electron chi connectivity index (χ0n) is 12.0. The molecule has 1 aromatic rings. The summed E-state index contributed by atoms with van der Waals surface area (Å²) in [5.74, 6) is 0.0885. The molecule has 0 amide bonds. The van der Waals surface area contributed by atoms with Crippen LogP contribution in [0.3, 0.4) is 0 Å². The number of sulfonamides is 1. The molecule has 0 saturated heterocycles. The summed E-state index contributed by atoms with van der Waals surface area (Å²) in [6.45, 7) is 6.53. The van der Waals surface area contributed by atoms with Gasteiger partial charge < -0.3 is 4.74 Å². The van der Waals surface area contributed by atoms with Crippen LogP contribution in [0.2, 0.25) is 0 Å². The van der Waals surface area contributed by atoms with Crippen LogP contribution in [0.15, 0.2) is 29.2 Å². The largest absolute Gasteiger partial charge is 0.380 e. The Morgan fingerprint density at radius 1 is 1.35 bits per heavy atom. The molecule has 0 fully saturated rings. The summed E-state index contributed by atoms with van der Waals surface area (Å²) in [5.41, 5.74) is 0.138. The van der Waals surface area contributed by atoms with Gasteiger partial charge in [-0.1, -0.05) is 26.0 Å². The lowest BCUT2D eigenvalue weighted by atomic mass is 10.1. The van der Waals surface area contributed by atoms with Crippen molar-refractivity contribution in [2.45, 2.75) is 31.7 Å². The lowest BCUT2D eigenvalue weighted by molar-refractivity contribution is 0.116. The predicted molar refractivity (Wildman–Crippen MR) is 76.6 cm³/mol. The van der Waals surface area contributed by atoms with E-state index in [9.17, 15) is 8.42 Å². The standard InChI is InChI=1S/C14H20N2O3S/c1-4-19-10-13(11(2)3)16-20(17,18)14-8-6-5-7-12(14)9-15/h5-8,11,13,16H,4,10H2,1-3H3. The zero-order chi connectivity index (χ0) is 15.2. The molecule has 1 unspecified atom stereocenters. The van der Waals surface area contributed by atoms with Gasteiger partial charge in [-0.2, -0.15) is 5.26 Å². The average Bonchev–Trinajstić information content (AvgIpc) is 2.43. The van der Waals surface area contributed by atoms with Gasteiger partial charge >= 0.3 is 0 Å². The molecule has 1 atom stereocenters. The average molecular weight is 296 g/mol. The number of nitrogens with one attached hydrogen (secondary N) is 1. The lowest BCUT2D eigenvalue weighted by Gasteiger charge is -2.22. The second kappa shape index (κ2) is 7.39. The van der Waals surface area contributed by atoms with E-state index in [4.69, 9.17) is 10.00 Å². The maximum atomic E-state index is 12.4. The van der Waals surface area contributed by atoms with E-state index < -0.39 is 10.0 Å². The van der Waals surface area contributed by atoms with Crippen LogP contribution in [-0.4, -0.2) is 27.7 Å². The van der Waals surface area contributed by atoms with Gasteiger partial charge in [-0.3, -0.25) is 0 Å². The van der Waals surface area contributed by atoms with Crippen LogP contribution >= 0.6 is 0 Å². The first-order valence-corrected chi connectivity index (χ1v) is 8.00. The van der Waals surface area contributed by atoms with Crippen LogP contribution in [-0.2, 0) is 14.8 Å². The fourth-order valence-corrected chi connectivity index (χ4v) is 3.19. The van der Waals surface area contributed by atoms with E-state index >= 15 is 0 Å². The first-order chi connectivity index (χ1) is 9.42. The summed E-state index contributed by atoms with van der Waals surface area (Å²) in [7, 11) is -3.73. The molecule has 0 aliphatic carbocycles. The monoisotopic (exact) mass is 296 g/mol. The topological polar surface area (TPSA) is 79.2 Å². The number of benzene rings is 1. The zero-order valence-corrected chi connectivity index (χ0v) is 12.8. The number of rotatable bonds is 7. The van der Waals surface area contributed by atoms with Crippen molar-refractivity contribution in [1.82, 2.24) is 4.72 Å². The van der Waals surface area contributed by atoms with Gasteiger partial charge in [-0.25, -0.2) is 13.1 Å². The minimum Gasteiger partial charge on any atom is -0.380 e. The highest BCUT2D eigenvalue weighted by molar-refractivity contribution is 7.89. The molecule has 1 N–H and O–H groups in total. The van der Waals surface area contributed by atoms with Crippen LogP contribution < -0.4 is 4.72 Å². The second-order valence-electron chi connectivity index (χ2n) is 4.74. The van der Waals surface area contributed by atoms with Gasteiger partial charge in [0.25, 0.3) is 0 Å². The number of nitriles is 1. The van der Waals surface area contributed by atoms with Crippen molar-refractivity contribution < 1.29 is 13.2 Å². The Hall–Kier alpha value is -1.42.